The normalized spacial score (nSPS) is 10.0. The summed E-state index contributed by atoms with van der Waals surface area (Å²) in [6, 6.07) is 11.1. The third kappa shape index (κ3) is 2.61. The van der Waals surface area contributed by atoms with Gasteiger partial charge in [-0.05, 0) is 23.6 Å². The van der Waals surface area contributed by atoms with Gasteiger partial charge in [-0.3, -0.25) is 4.79 Å². The summed E-state index contributed by atoms with van der Waals surface area (Å²) in [6.07, 6.45) is 0.395. The van der Waals surface area contributed by atoms with Crippen LogP contribution in [-0.4, -0.2) is 5.91 Å². The van der Waals surface area contributed by atoms with Crippen molar-refractivity contribution in [3.05, 3.63) is 46.7 Å². The minimum atomic E-state index is -0.0413. The van der Waals surface area contributed by atoms with Crippen molar-refractivity contribution in [2.24, 2.45) is 0 Å². The molecule has 0 aliphatic rings. The molecule has 0 saturated carbocycles. The number of carbonyl (C=O) groups is 1. The molecule has 0 saturated heterocycles. The average molecular weight is 232 g/mol. The third-order valence-electron chi connectivity index (χ3n) is 2.15. The van der Waals surface area contributed by atoms with E-state index in [-0.39, 0.29) is 5.91 Å². The first kappa shape index (κ1) is 10.7. The number of para-hydroxylation sites is 2. The Morgan fingerprint density at radius 2 is 2.06 bits per heavy atom. The van der Waals surface area contributed by atoms with Crippen LogP contribution in [0.25, 0.3) is 0 Å². The highest BCUT2D eigenvalue weighted by Crippen LogP contribution is 2.17. The molecule has 3 N–H and O–H groups in total. The monoisotopic (exact) mass is 232 g/mol. The molecule has 0 aliphatic heterocycles. The van der Waals surface area contributed by atoms with E-state index >= 15 is 0 Å². The average Bonchev–Trinajstić information content (AvgIpc) is 2.74. The fourth-order valence-electron chi connectivity index (χ4n) is 1.38. The highest BCUT2D eigenvalue weighted by molar-refractivity contribution is 7.10. The number of nitrogen functional groups attached to an aromatic ring is 1. The van der Waals surface area contributed by atoms with E-state index in [9.17, 15) is 4.79 Å². The number of thiophene rings is 1. The van der Waals surface area contributed by atoms with Crippen molar-refractivity contribution in [1.82, 2.24) is 0 Å². The van der Waals surface area contributed by atoms with Gasteiger partial charge in [-0.25, -0.2) is 0 Å². The maximum Gasteiger partial charge on any atom is 0.229 e. The molecule has 82 valence electrons. The molecule has 1 amide bonds. The number of carbonyl (C=O) groups excluding carboxylic acids is 1. The Labute approximate surface area is 97.9 Å². The van der Waals surface area contributed by atoms with E-state index in [4.69, 9.17) is 5.73 Å². The molecule has 0 unspecified atom stereocenters. The molecule has 4 heteroatoms. The van der Waals surface area contributed by atoms with Crippen LogP contribution in [0.2, 0.25) is 0 Å². The van der Waals surface area contributed by atoms with Crippen LogP contribution in [0, 0.1) is 0 Å². The Hall–Kier alpha value is -1.81. The molecular formula is C12H12N2OS. The Morgan fingerprint density at radius 1 is 1.25 bits per heavy atom. The number of anilines is 2. The van der Waals surface area contributed by atoms with Gasteiger partial charge in [0.05, 0.1) is 17.8 Å². The molecule has 0 atom stereocenters. The summed E-state index contributed by atoms with van der Waals surface area (Å²) in [6.45, 7) is 0. The van der Waals surface area contributed by atoms with E-state index in [1.54, 1.807) is 23.5 Å². The summed E-state index contributed by atoms with van der Waals surface area (Å²) in [5.41, 5.74) is 6.99. The summed E-state index contributed by atoms with van der Waals surface area (Å²) >= 11 is 1.57. The maximum atomic E-state index is 11.7. The van der Waals surface area contributed by atoms with Gasteiger partial charge in [0.1, 0.15) is 0 Å². The highest BCUT2D eigenvalue weighted by atomic mass is 32.1. The zero-order valence-corrected chi connectivity index (χ0v) is 9.46. The van der Waals surface area contributed by atoms with E-state index in [1.807, 2.05) is 29.6 Å². The zero-order chi connectivity index (χ0) is 11.4. The van der Waals surface area contributed by atoms with Crippen LogP contribution in [0.3, 0.4) is 0 Å². The first-order valence-corrected chi connectivity index (χ1v) is 5.80. The van der Waals surface area contributed by atoms with Gasteiger partial charge in [-0.15, -0.1) is 11.3 Å². The largest absolute Gasteiger partial charge is 0.397 e. The fraction of sp³-hybridized carbons (Fsp3) is 0.0833. The number of benzene rings is 1. The molecule has 0 spiro atoms. The molecule has 0 radical (unpaired) electrons. The Bertz CT molecular complexity index is 480. The van der Waals surface area contributed by atoms with E-state index in [0.717, 1.165) is 4.88 Å². The summed E-state index contributed by atoms with van der Waals surface area (Å²) in [4.78, 5) is 12.7. The van der Waals surface area contributed by atoms with Crippen molar-refractivity contribution in [2.75, 3.05) is 11.1 Å². The second-order valence-electron chi connectivity index (χ2n) is 3.39. The molecule has 1 aromatic carbocycles. The standard InChI is InChI=1S/C12H12N2OS/c13-10-5-1-2-6-11(10)14-12(15)8-9-4-3-7-16-9/h1-7H,8,13H2,(H,14,15). The first-order chi connectivity index (χ1) is 7.75. The number of hydrogen-bond donors (Lipinski definition) is 2. The topological polar surface area (TPSA) is 55.1 Å². The minimum Gasteiger partial charge on any atom is -0.397 e. The Morgan fingerprint density at radius 3 is 2.75 bits per heavy atom. The van der Waals surface area contributed by atoms with Crippen molar-refractivity contribution in [1.29, 1.82) is 0 Å². The Balaban J connectivity index is 2.00. The predicted octanol–water partition coefficient (Wildman–Crippen LogP) is 2.51. The molecule has 1 aromatic heterocycles. The Kier molecular flexibility index (Phi) is 3.22. The molecule has 0 aliphatic carbocycles. The molecule has 2 aromatic rings. The van der Waals surface area contributed by atoms with Crippen molar-refractivity contribution in [3.63, 3.8) is 0 Å². The lowest BCUT2D eigenvalue weighted by atomic mass is 10.2. The van der Waals surface area contributed by atoms with Gasteiger partial charge >= 0.3 is 0 Å². The van der Waals surface area contributed by atoms with Crippen molar-refractivity contribution in [2.45, 2.75) is 6.42 Å². The molecule has 2 rings (SSSR count). The fourth-order valence-corrected chi connectivity index (χ4v) is 2.08. The predicted molar refractivity (Wildman–Crippen MR) is 67.5 cm³/mol. The number of nitrogens with two attached hydrogens (primary N) is 1. The lowest BCUT2D eigenvalue weighted by Crippen LogP contribution is -2.14. The molecular weight excluding hydrogens is 220 g/mol. The first-order valence-electron chi connectivity index (χ1n) is 4.92. The summed E-state index contributed by atoms with van der Waals surface area (Å²) < 4.78 is 0. The minimum absolute atomic E-state index is 0.0413. The number of rotatable bonds is 3. The van der Waals surface area contributed by atoms with Gasteiger partial charge in [-0.1, -0.05) is 18.2 Å². The quantitative estimate of drug-likeness (QED) is 0.799. The van der Waals surface area contributed by atoms with Gasteiger partial charge in [0.15, 0.2) is 0 Å². The van der Waals surface area contributed by atoms with Gasteiger partial charge in [-0.2, -0.15) is 0 Å². The molecule has 16 heavy (non-hydrogen) atoms. The summed E-state index contributed by atoms with van der Waals surface area (Å²) in [5.74, 6) is -0.0413. The molecule has 0 bridgehead atoms. The van der Waals surface area contributed by atoms with Crippen LogP contribution in [-0.2, 0) is 11.2 Å². The second kappa shape index (κ2) is 4.81. The van der Waals surface area contributed by atoms with Gasteiger partial charge < -0.3 is 11.1 Å². The van der Waals surface area contributed by atoms with Crippen LogP contribution in [0.1, 0.15) is 4.88 Å². The lowest BCUT2D eigenvalue weighted by molar-refractivity contribution is -0.115. The van der Waals surface area contributed by atoms with Crippen molar-refractivity contribution < 1.29 is 4.79 Å². The van der Waals surface area contributed by atoms with Crippen LogP contribution < -0.4 is 11.1 Å². The van der Waals surface area contributed by atoms with E-state index in [2.05, 4.69) is 5.32 Å². The SMILES string of the molecule is Nc1ccccc1NC(=O)Cc1cccs1. The van der Waals surface area contributed by atoms with E-state index < -0.39 is 0 Å². The number of amides is 1. The van der Waals surface area contributed by atoms with Gasteiger partial charge in [0.2, 0.25) is 5.91 Å². The molecule has 3 nitrogen and oxygen atoms in total. The smallest absolute Gasteiger partial charge is 0.229 e. The van der Waals surface area contributed by atoms with Gasteiger partial charge in [0, 0.05) is 4.88 Å². The van der Waals surface area contributed by atoms with Crippen LogP contribution in [0.5, 0.6) is 0 Å². The third-order valence-corrected chi connectivity index (χ3v) is 3.03. The second-order valence-corrected chi connectivity index (χ2v) is 4.42. The zero-order valence-electron chi connectivity index (χ0n) is 8.64. The number of nitrogens with one attached hydrogen (secondary N) is 1. The highest BCUT2D eigenvalue weighted by Gasteiger charge is 2.06. The van der Waals surface area contributed by atoms with Gasteiger partial charge in [0.25, 0.3) is 0 Å². The van der Waals surface area contributed by atoms with Crippen molar-refractivity contribution >= 4 is 28.6 Å². The van der Waals surface area contributed by atoms with E-state index in [1.165, 1.54) is 0 Å². The summed E-state index contributed by atoms with van der Waals surface area (Å²) in [7, 11) is 0. The molecule has 0 fully saturated rings. The van der Waals surface area contributed by atoms with E-state index in [0.29, 0.717) is 17.8 Å². The van der Waals surface area contributed by atoms with Crippen molar-refractivity contribution in [3.8, 4) is 0 Å². The maximum absolute atomic E-state index is 11.7. The van der Waals surface area contributed by atoms with Crippen LogP contribution in [0.15, 0.2) is 41.8 Å². The molecule has 1 heterocycles. The lowest BCUT2D eigenvalue weighted by Gasteiger charge is -2.06. The summed E-state index contributed by atoms with van der Waals surface area (Å²) in [5, 5.41) is 4.75. The number of hydrogen-bond acceptors (Lipinski definition) is 3. The van der Waals surface area contributed by atoms with Crippen LogP contribution in [0.4, 0.5) is 11.4 Å². The van der Waals surface area contributed by atoms with Crippen LogP contribution >= 0.6 is 11.3 Å².